The average Bonchev–Trinajstić information content (AvgIpc) is 2.14. The monoisotopic (exact) mass is 271 g/mol. The molecule has 2 amide bonds. The summed E-state index contributed by atoms with van der Waals surface area (Å²) in [5.74, 6) is -0.998. The Labute approximate surface area is 112 Å². The number of hydrogen-bond donors (Lipinski definition) is 3. The number of aryl methyl sites for hydroxylation is 2. The molecule has 18 heavy (non-hydrogen) atoms. The van der Waals surface area contributed by atoms with Crippen molar-refractivity contribution in [3.05, 3.63) is 29.3 Å². The van der Waals surface area contributed by atoms with Crippen LogP contribution in [0.1, 0.15) is 17.5 Å². The fourth-order valence-electron chi connectivity index (χ4n) is 1.59. The summed E-state index contributed by atoms with van der Waals surface area (Å²) in [5, 5.41) is 2.66. The topological polar surface area (TPSA) is 98.2 Å². The van der Waals surface area contributed by atoms with E-state index in [0.717, 1.165) is 11.1 Å². The summed E-state index contributed by atoms with van der Waals surface area (Å²) in [6.07, 6.45) is -0.156. The Bertz CT molecular complexity index is 429. The molecule has 0 radical (unpaired) electrons. The molecule has 0 aliphatic rings. The van der Waals surface area contributed by atoms with Crippen LogP contribution >= 0.6 is 12.4 Å². The van der Waals surface area contributed by atoms with Crippen LogP contribution in [0.4, 0.5) is 5.69 Å². The van der Waals surface area contributed by atoms with Gasteiger partial charge in [-0.2, -0.15) is 0 Å². The molecule has 0 heterocycles. The predicted molar refractivity (Wildman–Crippen MR) is 73.6 cm³/mol. The molecule has 0 fully saturated rings. The van der Waals surface area contributed by atoms with E-state index in [1.807, 2.05) is 32.0 Å². The van der Waals surface area contributed by atoms with E-state index in [1.54, 1.807) is 0 Å². The van der Waals surface area contributed by atoms with Gasteiger partial charge in [-0.05, 0) is 37.1 Å². The molecule has 5 N–H and O–H groups in total. The summed E-state index contributed by atoms with van der Waals surface area (Å²) < 4.78 is 0. The van der Waals surface area contributed by atoms with Crippen LogP contribution in [0.3, 0.4) is 0 Å². The fourth-order valence-corrected chi connectivity index (χ4v) is 1.59. The van der Waals surface area contributed by atoms with Crippen molar-refractivity contribution < 1.29 is 9.59 Å². The molecule has 1 rings (SSSR count). The number of halogens is 1. The molecule has 1 atom stereocenters. The Kier molecular flexibility index (Phi) is 6.36. The van der Waals surface area contributed by atoms with Gasteiger partial charge in [0.25, 0.3) is 0 Å². The van der Waals surface area contributed by atoms with Gasteiger partial charge in [0.15, 0.2) is 0 Å². The first kappa shape index (κ1) is 16.4. The first-order chi connectivity index (χ1) is 7.88. The largest absolute Gasteiger partial charge is 0.370 e. The molecule has 1 aromatic rings. The Morgan fingerprint density at radius 3 is 2.17 bits per heavy atom. The second kappa shape index (κ2) is 6.98. The SMILES string of the molecule is Cc1cc(C)cc(NC(=O)C(N)CC(N)=O)c1.Cl. The summed E-state index contributed by atoms with van der Waals surface area (Å²) in [6.45, 7) is 3.87. The number of carbonyl (C=O) groups excluding carboxylic acids is 2. The Morgan fingerprint density at radius 2 is 1.72 bits per heavy atom. The number of nitrogens with one attached hydrogen (secondary N) is 1. The van der Waals surface area contributed by atoms with Crippen LogP contribution in [-0.2, 0) is 9.59 Å². The highest BCUT2D eigenvalue weighted by Gasteiger charge is 2.16. The predicted octanol–water partition coefficient (Wildman–Crippen LogP) is 0.866. The minimum Gasteiger partial charge on any atom is -0.370 e. The van der Waals surface area contributed by atoms with Gasteiger partial charge in [0.1, 0.15) is 0 Å². The number of amides is 2. The number of hydrogen-bond acceptors (Lipinski definition) is 3. The van der Waals surface area contributed by atoms with Gasteiger partial charge in [-0.15, -0.1) is 12.4 Å². The van der Waals surface area contributed by atoms with Crippen LogP contribution < -0.4 is 16.8 Å². The van der Waals surface area contributed by atoms with E-state index in [9.17, 15) is 9.59 Å². The summed E-state index contributed by atoms with van der Waals surface area (Å²) in [4.78, 5) is 22.3. The van der Waals surface area contributed by atoms with E-state index < -0.39 is 17.9 Å². The van der Waals surface area contributed by atoms with Gasteiger partial charge in [-0.1, -0.05) is 6.07 Å². The lowest BCUT2D eigenvalue weighted by molar-refractivity contribution is -0.123. The van der Waals surface area contributed by atoms with Crippen LogP contribution in [0.5, 0.6) is 0 Å². The molecular formula is C12H18ClN3O2. The quantitative estimate of drug-likeness (QED) is 0.758. The summed E-state index contributed by atoms with van der Waals surface area (Å²) in [7, 11) is 0. The Morgan fingerprint density at radius 1 is 1.22 bits per heavy atom. The third kappa shape index (κ3) is 5.16. The fraction of sp³-hybridized carbons (Fsp3) is 0.333. The van der Waals surface area contributed by atoms with Crippen molar-refractivity contribution in [2.45, 2.75) is 26.3 Å². The highest BCUT2D eigenvalue weighted by atomic mass is 35.5. The molecule has 0 aliphatic carbocycles. The minimum atomic E-state index is -0.909. The molecule has 5 nitrogen and oxygen atoms in total. The molecule has 0 bridgehead atoms. The molecule has 0 saturated heterocycles. The van der Waals surface area contributed by atoms with Crippen molar-refractivity contribution >= 4 is 29.9 Å². The second-order valence-electron chi connectivity index (χ2n) is 4.14. The number of anilines is 1. The molecule has 100 valence electrons. The molecule has 0 aliphatic heterocycles. The zero-order chi connectivity index (χ0) is 13.0. The summed E-state index contributed by atoms with van der Waals surface area (Å²) >= 11 is 0. The molecule has 1 unspecified atom stereocenters. The van der Waals surface area contributed by atoms with E-state index in [4.69, 9.17) is 11.5 Å². The van der Waals surface area contributed by atoms with Gasteiger partial charge >= 0.3 is 0 Å². The van der Waals surface area contributed by atoms with Gasteiger partial charge in [0, 0.05) is 5.69 Å². The lowest BCUT2D eigenvalue weighted by atomic mass is 10.1. The Hall–Kier alpha value is -1.59. The zero-order valence-corrected chi connectivity index (χ0v) is 11.2. The maximum Gasteiger partial charge on any atom is 0.241 e. The highest BCUT2D eigenvalue weighted by Crippen LogP contribution is 2.13. The third-order valence-corrected chi connectivity index (χ3v) is 2.25. The van der Waals surface area contributed by atoms with Gasteiger partial charge in [-0.25, -0.2) is 0 Å². The number of primary amides is 1. The zero-order valence-electron chi connectivity index (χ0n) is 10.4. The van der Waals surface area contributed by atoms with E-state index in [-0.39, 0.29) is 18.8 Å². The molecule has 0 aromatic heterocycles. The van der Waals surface area contributed by atoms with Crippen molar-refractivity contribution in [3.63, 3.8) is 0 Å². The third-order valence-electron chi connectivity index (χ3n) is 2.25. The van der Waals surface area contributed by atoms with Crippen LogP contribution in [-0.4, -0.2) is 17.9 Å². The van der Waals surface area contributed by atoms with Crippen LogP contribution in [0.15, 0.2) is 18.2 Å². The van der Waals surface area contributed by atoms with Crippen molar-refractivity contribution in [2.75, 3.05) is 5.32 Å². The highest BCUT2D eigenvalue weighted by molar-refractivity contribution is 5.97. The first-order valence-corrected chi connectivity index (χ1v) is 5.31. The summed E-state index contributed by atoms with van der Waals surface area (Å²) in [6, 6.07) is 4.76. The number of rotatable bonds is 4. The standard InChI is InChI=1S/C12H17N3O2.ClH/c1-7-3-8(2)5-9(4-7)15-12(17)10(13)6-11(14)16;/h3-5,10H,6,13H2,1-2H3,(H2,14,16)(H,15,17);1H. The molecule has 1 aromatic carbocycles. The van der Waals surface area contributed by atoms with Crippen molar-refractivity contribution in [1.29, 1.82) is 0 Å². The lowest BCUT2D eigenvalue weighted by Crippen LogP contribution is -2.39. The maximum atomic E-state index is 11.6. The number of nitrogens with two attached hydrogens (primary N) is 2. The average molecular weight is 272 g/mol. The smallest absolute Gasteiger partial charge is 0.241 e. The van der Waals surface area contributed by atoms with Crippen LogP contribution in [0, 0.1) is 13.8 Å². The van der Waals surface area contributed by atoms with Gasteiger partial charge in [0.05, 0.1) is 12.5 Å². The Balaban J connectivity index is 0.00000289. The molecule has 6 heteroatoms. The van der Waals surface area contributed by atoms with Gasteiger partial charge in [-0.3, -0.25) is 9.59 Å². The minimum absolute atomic E-state index is 0. The summed E-state index contributed by atoms with van der Waals surface area (Å²) in [5.41, 5.74) is 13.3. The van der Waals surface area contributed by atoms with Crippen molar-refractivity contribution in [3.8, 4) is 0 Å². The van der Waals surface area contributed by atoms with E-state index in [1.165, 1.54) is 0 Å². The van der Waals surface area contributed by atoms with Crippen molar-refractivity contribution in [2.24, 2.45) is 11.5 Å². The molecular weight excluding hydrogens is 254 g/mol. The number of carbonyl (C=O) groups is 2. The number of benzene rings is 1. The van der Waals surface area contributed by atoms with Crippen molar-refractivity contribution in [1.82, 2.24) is 0 Å². The van der Waals surface area contributed by atoms with Gasteiger partial charge < -0.3 is 16.8 Å². The van der Waals surface area contributed by atoms with Crippen LogP contribution in [0.25, 0.3) is 0 Å². The molecule has 0 spiro atoms. The van der Waals surface area contributed by atoms with E-state index >= 15 is 0 Å². The lowest BCUT2D eigenvalue weighted by Gasteiger charge is -2.11. The molecule has 0 saturated carbocycles. The van der Waals surface area contributed by atoms with E-state index in [2.05, 4.69) is 5.32 Å². The normalized spacial score (nSPS) is 11.3. The second-order valence-corrected chi connectivity index (χ2v) is 4.14. The van der Waals surface area contributed by atoms with E-state index in [0.29, 0.717) is 5.69 Å². The first-order valence-electron chi connectivity index (χ1n) is 5.31. The maximum absolute atomic E-state index is 11.6. The van der Waals surface area contributed by atoms with Crippen LogP contribution in [0.2, 0.25) is 0 Å². The van der Waals surface area contributed by atoms with Gasteiger partial charge in [0.2, 0.25) is 11.8 Å².